The fraction of sp³-hybridized carbons (Fsp3) is 0.167. The molecule has 0 spiro atoms. The number of benzene rings is 1. The van der Waals surface area contributed by atoms with Crippen LogP contribution in [0.4, 0.5) is 5.69 Å². The molecule has 1 aromatic heterocycles. The zero-order valence-corrected chi connectivity index (χ0v) is 10.1. The number of nitrogens with zero attached hydrogens (tertiary/aromatic N) is 2. The molecule has 0 radical (unpaired) electrons. The highest BCUT2D eigenvalue weighted by Gasteiger charge is 2.01. The number of guanidine groups is 1. The summed E-state index contributed by atoms with van der Waals surface area (Å²) in [5, 5.41) is 6.85. The van der Waals surface area contributed by atoms with Crippen molar-refractivity contribution in [2.24, 2.45) is 10.8 Å². The van der Waals surface area contributed by atoms with E-state index in [2.05, 4.69) is 20.9 Å². The lowest BCUT2D eigenvalue weighted by atomic mass is 10.3. The SMILES string of the molecule is Cc1cc(CN=C(NN)Nc2ccccc2)on1. The Labute approximate surface area is 105 Å². The van der Waals surface area contributed by atoms with Crippen molar-refractivity contribution in [1.29, 1.82) is 0 Å². The highest BCUT2D eigenvalue weighted by atomic mass is 16.5. The summed E-state index contributed by atoms with van der Waals surface area (Å²) in [6.45, 7) is 2.24. The van der Waals surface area contributed by atoms with E-state index in [1.54, 1.807) is 0 Å². The molecule has 1 heterocycles. The molecule has 6 nitrogen and oxygen atoms in total. The van der Waals surface area contributed by atoms with E-state index in [-0.39, 0.29) is 0 Å². The average Bonchev–Trinajstić information content (AvgIpc) is 2.81. The summed E-state index contributed by atoms with van der Waals surface area (Å²) >= 11 is 0. The minimum atomic E-state index is 0.375. The van der Waals surface area contributed by atoms with Gasteiger partial charge < -0.3 is 9.84 Å². The number of aryl methyl sites for hydroxylation is 1. The van der Waals surface area contributed by atoms with Gasteiger partial charge in [-0.25, -0.2) is 10.8 Å². The Morgan fingerprint density at radius 1 is 1.39 bits per heavy atom. The topological polar surface area (TPSA) is 88.5 Å². The fourth-order valence-corrected chi connectivity index (χ4v) is 1.43. The number of hydrazine groups is 1. The monoisotopic (exact) mass is 245 g/mol. The lowest BCUT2D eigenvalue weighted by Gasteiger charge is -2.08. The Morgan fingerprint density at radius 2 is 2.17 bits per heavy atom. The number of rotatable bonds is 3. The van der Waals surface area contributed by atoms with Gasteiger partial charge in [-0.15, -0.1) is 0 Å². The van der Waals surface area contributed by atoms with Gasteiger partial charge in [0, 0.05) is 11.8 Å². The van der Waals surface area contributed by atoms with Gasteiger partial charge in [0.15, 0.2) is 5.76 Å². The molecule has 0 fully saturated rings. The molecule has 2 aromatic rings. The molecule has 18 heavy (non-hydrogen) atoms. The number of nitrogens with two attached hydrogens (primary N) is 1. The van der Waals surface area contributed by atoms with E-state index >= 15 is 0 Å². The van der Waals surface area contributed by atoms with Crippen LogP contribution in [0.3, 0.4) is 0 Å². The van der Waals surface area contributed by atoms with Crippen molar-refractivity contribution in [3.05, 3.63) is 47.9 Å². The molecule has 0 unspecified atom stereocenters. The predicted molar refractivity (Wildman–Crippen MR) is 69.8 cm³/mol. The van der Waals surface area contributed by atoms with Crippen molar-refractivity contribution in [2.75, 3.05) is 5.32 Å². The molecule has 2 rings (SSSR count). The Kier molecular flexibility index (Phi) is 3.93. The second-order valence-corrected chi connectivity index (χ2v) is 3.73. The lowest BCUT2D eigenvalue weighted by Crippen LogP contribution is -2.36. The zero-order valence-electron chi connectivity index (χ0n) is 10.1. The van der Waals surface area contributed by atoms with Crippen LogP contribution in [0.25, 0.3) is 0 Å². The second-order valence-electron chi connectivity index (χ2n) is 3.73. The van der Waals surface area contributed by atoms with Crippen molar-refractivity contribution in [3.8, 4) is 0 Å². The lowest BCUT2D eigenvalue weighted by molar-refractivity contribution is 0.381. The number of aromatic nitrogens is 1. The van der Waals surface area contributed by atoms with E-state index in [0.29, 0.717) is 18.3 Å². The maximum atomic E-state index is 5.40. The van der Waals surface area contributed by atoms with Gasteiger partial charge in [0.1, 0.15) is 6.54 Å². The number of hydrogen-bond donors (Lipinski definition) is 3. The summed E-state index contributed by atoms with van der Waals surface area (Å²) in [4.78, 5) is 4.26. The van der Waals surface area contributed by atoms with Crippen molar-refractivity contribution in [2.45, 2.75) is 13.5 Å². The standard InChI is InChI=1S/C12H15N5O/c1-9-7-11(18-17-9)8-14-12(16-13)15-10-5-3-2-4-6-10/h2-7H,8,13H2,1H3,(H2,14,15,16). The Bertz CT molecular complexity index is 520. The van der Waals surface area contributed by atoms with E-state index in [4.69, 9.17) is 10.4 Å². The largest absolute Gasteiger partial charge is 0.359 e. The van der Waals surface area contributed by atoms with Crippen LogP contribution in [0.2, 0.25) is 0 Å². The van der Waals surface area contributed by atoms with E-state index in [1.807, 2.05) is 43.3 Å². The van der Waals surface area contributed by atoms with E-state index in [1.165, 1.54) is 0 Å². The summed E-state index contributed by atoms with van der Waals surface area (Å²) in [5.74, 6) is 6.56. The highest BCUT2D eigenvalue weighted by molar-refractivity contribution is 5.93. The summed E-state index contributed by atoms with van der Waals surface area (Å²) in [7, 11) is 0. The number of anilines is 1. The molecule has 0 aliphatic carbocycles. The zero-order chi connectivity index (χ0) is 12.8. The first-order chi connectivity index (χ1) is 8.78. The van der Waals surface area contributed by atoms with Gasteiger partial charge in [0.25, 0.3) is 0 Å². The predicted octanol–water partition coefficient (Wildman–Crippen LogP) is 1.41. The van der Waals surface area contributed by atoms with Gasteiger partial charge in [-0.2, -0.15) is 0 Å². The van der Waals surface area contributed by atoms with Gasteiger partial charge in [-0.1, -0.05) is 23.4 Å². The first-order valence-electron chi connectivity index (χ1n) is 5.53. The first-order valence-corrected chi connectivity index (χ1v) is 5.53. The van der Waals surface area contributed by atoms with Crippen LogP contribution in [0, 0.1) is 6.92 Å². The Hall–Kier alpha value is -2.34. The third kappa shape index (κ3) is 3.33. The molecule has 6 heteroatoms. The van der Waals surface area contributed by atoms with E-state index in [0.717, 1.165) is 11.4 Å². The maximum absolute atomic E-state index is 5.40. The molecule has 0 atom stereocenters. The number of aliphatic imine (C=N–C) groups is 1. The van der Waals surface area contributed by atoms with Crippen molar-refractivity contribution >= 4 is 11.6 Å². The van der Waals surface area contributed by atoms with Crippen LogP contribution in [0.1, 0.15) is 11.5 Å². The summed E-state index contributed by atoms with van der Waals surface area (Å²) in [5.41, 5.74) is 4.24. The molecule has 0 aliphatic heterocycles. The molecule has 1 aromatic carbocycles. The van der Waals surface area contributed by atoms with E-state index in [9.17, 15) is 0 Å². The third-order valence-electron chi connectivity index (χ3n) is 2.24. The van der Waals surface area contributed by atoms with Crippen molar-refractivity contribution < 1.29 is 4.52 Å². The molecule has 0 saturated carbocycles. The molecule has 4 N–H and O–H groups in total. The maximum Gasteiger partial charge on any atom is 0.210 e. The minimum Gasteiger partial charge on any atom is -0.359 e. The Morgan fingerprint density at radius 3 is 2.78 bits per heavy atom. The number of para-hydroxylation sites is 1. The number of nitrogens with one attached hydrogen (secondary N) is 2. The fourth-order valence-electron chi connectivity index (χ4n) is 1.43. The van der Waals surface area contributed by atoms with Crippen LogP contribution >= 0.6 is 0 Å². The van der Waals surface area contributed by atoms with E-state index < -0.39 is 0 Å². The molecule has 94 valence electrons. The van der Waals surface area contributed by atoms with Gasteiger partial charge >= 0.3 is 0 Å². The number of hydrogen-bond acceptors (Lipinski definition) is 4. The summed E-state index contributed by atoms with van der Waals surface area (Å²) in [6.07, 6.45) is 0. The van der Waals surface area contributed by atoms with Crippen LogP contribution in [-0.4, -0.2) is 11.1 Å². The highest BCUT2D eigenvalue weighted by Crippen LogP contribution is 2.06. The van der Waals surface area contributed by atoms with Gasteiger partial charge in [0.05, 0.1) is 5.69 Å². The van der Waals surface area contributed by atoms with Gasteiger partial charge in [0.2, 0.25) is 5.96 Å². The van der Waals surface area contributed by atoms with Crippen molar-refractivity contribution in [3.63, 3.8) is 0 Å². The molecular weight excluding hydrogens is 230 g/mol. The van der Waals surface area contributed by atoms with Gasteiger partial charge in [-0.05, 0) is 19.1 Å². The molecule has 0 saturated heterocycles. The third-order valence-corrected chi connectivity index (χ3v) is 2.24. The molecular formula is C12H15N5O. The summed E-state index contributed by atoms with van der Waals surface area (Å²) in [6, 6.07) is 11.5. The molecule has 0 bridgehead atoms. The van der Waals surface area contributed by atoms with Gasteiger partial charge in [-0.3, -0.25) is 5.43 Å². The quantitative estimate of drug-likeness (QED) is 0.329. The molecule has 0 amide bonds. The van der Waals surface area contributed by atoms with Crippen LogP contribution < -0.4 is 16.6 Å². The smallest absolute Gasteiger partial charge is 0.210 e. The second kappa shape index (κ2) is 5.83. The average molecular weight is 245 g/mol. The normalized spacial score (nSPS) is 11.3. The minimum absolute atomic E-state index is 0.375. The van der Waals surface area contributed by atoms with Crippen LogP contribution in [-0.2, 0) is 6.54 Å². The van der Waals surface area contributed by atoms with Crippen LogP contribution in [0.5, 0.6) is 0 Å². The van der Waals surface area contributed by atoms with Crippen molar-refractivity contribution in [1.82, 2.24) is 10.6 Å². The first kappa shape index (κ1) is 12.1. The summed E-state index contributed by atoms with van der Waals surface area (Å²) < 4.78 is 5.06. The van der Waals surface area contributed by atoms with Crippen LogP contribution in [0.15, 0.2) is 45.9 Å². The molecule has 0 aliphatic rings. The Balaban J connectivity index is 2.00.